The van der Waals surface area contributed by atoms with E-state index in [0.717, 1.165) is 5.56 Å². The number of imidazole rings is 1. The molecule has 4 rings (SSSR count). The number of aromatic nitrogens is 2. The highest BCUT2D eigenvalue weighted by Crippen LogP contribution is 2.42. The highest BCUT2D eigenvalue weighted by atomic mass is 19.3. The van der Waals surface area contributed by atoms with Crippen LogP contribution in [0.4, 0.5) is 14.7 Å². The summed E-state index contributed by atoms with van der Waals surface area (Å²) < 4.78 is 34.8. The molecule has 0 saturated heterocycles. The number of alkyl halides is 2. The van der Waals surface area contributed by atoms with Crippen LogP contribution in [-0.4, -0.2) is 22.2 Å². The van der Waals surface area contributed by atoms with Gasteiger partial charge < -0.3 is 14.5 Å². The third-order valence-electron chi connectivity index (χ3n) is 3.55. The summed E-state index contributed by atoms with van der Waals surface area (Å²) in [7, 11) is 0. The summed E-state index contributed by atoms with van der Waals surface area (Å²) in [5, 5.41) is 2.62. The maximum absolute atomic E-state index is 13.0. The Morgan fingerprint density at radius 1 is 1.17 bits per heavy atom. The molecular weight excluding hydrogens is 320 g/mol. The van der Waals surface area contributed by atoms with Gasteiger partial charge in [-0.15, -0.1) is 8.78 Å². The number of hydrogen-bond acceptors (Lipinski definition) is 4. The molecule has 0 spiro atoms. The van der Waals surface area contributed by atoms with Crippen LogP contribution in [0.1, 0.15) is 15.9 Å². The minimum Gasteiger partial charge on any atom is -0.395 e. The van der Waals surface area contributed by atoms with Crippen molar-refractivity contribution in [1.82, 2.24) is 9.97 Å². The predicted octanol–water partition coefficient (Wildman–Crippen LogP) is 3.45. The Balaban J connectivity index is 1.60. The summed E-state index contributed by atoms with van der Waals surface area (Å²) in [6, 6.07) is 9.72. The fourth-order valence-corrected chi connectivity index (χ4v) is 2.40. The average Bonchev–Trinajstić information content (AvgIpc) is 3.01. The number of fused-ring (bicyclic) bond motifs is 2. The SMILES string of the molecule is Cc1ccc(C(=O)Nc2nc3cc4c(cc3[nH]2)OC(F)(F)O4)cc1. The van der Waals surface area contributed by atoms with Gasteiger partial charge in [-0.05, 0) is 19.1 Å². The molecule has 2 heterocycles. The van der Waals surface area contributed by atoms with Crippen molar-refractivity contribution in [3.8, 4) is 11.5 Å². The lowest BCUT2D eigenvalue weighted by atomic mass is 10.1. The smallest absolute Gasteiger partial charge is 0.395 e. The third-order valence-corrected chi connectivity index (χ3v) is 3.55. The molecule has 1 aliphatic heterocycles. The largest absolute Gasteiger partial charge is 0.586 e. The zero-order valence-corrected chi connectivity index (χ0v) is 12.4. The molecule has 1 aliphatic rings. The fourth-order valence-electron chi connectivity index (χ4n) is 2.40. The Morgan fingerprint density at radius 2 is 1.83 bits per heavy atom. The van der Waals surface area contributed by atoms with Gasteiger partial charge in [0, 0.05) is 17.7 Å². The van der Waals surface area contributed by atoms with Gasteiger partial charge in [-0.1, -0.05) is 17.7 Å². The highest BCUT2D eigenvalue weighted by molar-refractivity contribution is 6.04. The molecule has 122 valence electrons. The van der Waals surface area contributed by atoms with E-state index >= 15 is 0 Å². The number of ether oxygens (including phenoxy) is 2. The summed E-state index contributed by atoms with van der Waals surface area (Å²) in [6.45, 7) is 1.92. The maximum atomic E-state index is 13.0. The molecule has 0 aliphatic carbocycles. The standard InChI is InChI=1S/C16H11F2N3O3/c1-8-2-4-9(5-3-8)14(22)21-15-19-10-6-12-13(7-11(10)20-15)24-16(17,18)23-12/h2-7H,1H3,(H2,19,20,21,22). The van der Waals surface area contributed by atoms with Gasteiger partial charge in [0.25, 0.3) is 5.91 Å². The van der Waals surface area contributed by atoms with E-state index in [4.69, 9.17) is 0 Å². The zero-order chi connectivity index (χ0) is 16.9. The van der Waals surface area contributed by atoms with Crippen molar-refractivity contribution < 1.29 is 23.0 Å². The average molecular weight is 331 g/mol. The first kappa shape index (κ1) is 14.4. The van der Waals surface area contributed by atoms with Crippen molar-refractivity contribution in [2.24, 2.45) is 0 Å². The second-order valence-corrected chi connectivity index (χ2v) is 5.39. The Morgan fingerprint density at radius 3 is 2.54 bits per heavy atom. The number of rotatable bonds is 2. The molecule has 0 fully saturated rings. The number of amides is 1. The number of benzene rings is 2. The Kier molecular flexibility index (Phi) is 2.96. The summed E-state index contributed by atoms with van der Waals surface area (Å²) >= 11 is 0. The molecule has 1 aromatic heterocycles. The molecule has 8 heteroatoms. The molecule has 2 N–H and O–H groups in total. The quantitative estimate of drug-likeness (QED) is 0.754. The monoisotopic (exact) mass is 331 g/mol. The molecule has 24 heavy (non-hydrogen) atoms. The van der Waals surface area contributed by atoms with Crippen molar-refractivity contribution >= 4 is 22.9 Å². The van der Waals surface area contributed by atoms with Gasteiger partial charge in [0.05, 0.1) is 11.0 Å². The number of hydrogen-bond donors (Lipinski definition) is 2. The van der Waals surface area contributed by atoms with Crippen LogP contribution in [-0.2, 0) is 0 Å². The van der Waals surface area contributed by atoms with Gasteiger partial charge in [0.2, 0.25) is 5.95 Å². The van der Waals surface area contributed by atoms with E-state index in [1.165, 1.54) is 12.1 Å². The first-order valence-electron chi connectivity index (χ1n) is 7.07. The minimum absolute atomic E-state index is 0.0902. The summed E-state index contributed by atoms with van der Waals surface area (Å²) in [5.41, 5.74) is 2.33. The molecule has 0 atom stereocenters. The fraction of sp³-hybridized carbons (Fsp3) is 0.125. The van der Waals surface area contributed by atoms with Crippen molar-refractivity contribution in [3.05, 3.63) is 47.5 Å². The predicted molar refractivity (Wildman–Crippen MR) is 81.4 cm³/mol. The number of nitrogens with zero attached hydrogens (tertiary/aromatic N) is 1. The number of halogens is 2. The first-order chi connectivity index (χ1) is 11.4. The van der Waals surface area contributed by atoms with Crippen LogP contribution in [0.2, 0.25) is 0 Å². The van der Waals surface area contributed by atoms with E-state index in [-0.39, 0.29) is 23.4 Å². The Hall–Kier alpha value is -3.16. The van der Waals surface area contributed by atoms with Crippen LogP contribution in [0, 0.1) is 6.92 Å². The van der Waals surface area contributed by atoms with Crippen LogP contribution in [0.3, 0.4) is 0 Å². The number of aromatic amines is 1. The number of aryl methyl sites for hydroxylation is 1. The second kappa shape index (κ2) is 4.92. The van der Waals surface area contributed by atoms with Crippen LogP contribution >= 0.6 is 0 Å². The van der Waals surface area contributed by atoms with Gasteiger partial charge in [-0.25, -0.2) is 4.98 Å². The van der Waals surface area contributed by atoms with Crippen molar-refractivity contribution in [3.63, 3.8) is 0 Å². The second-order valence-electron chi connectivity index (χ2n) is 5.39. The number of anilines is 1. The van der Waals surface area contributed by atoms with E-state index in [9.17, 15) is 13.6 Å². The third kappa shape index (κ3) is 2.51. The van der Waals surface area contributed by atoms with E-state index in [2.05, 4.69) is 24.8 Å². The Bertz CT molecular complexity index is 906. The molecule has 2 aromatic carbocycles. The van der Waals surface area contributed by atoms with E-state index < -0.39 is 6.29 Å². The normalized spacial score (nSPS) is 14.8. The minimum atomic E-state index is -3.68. The van der Waals surface area contributed by atoms with Crippen molar-refractivity contribution in [2.45, 2.75) is 13.2 Å². The van der Waals surface area contributed by atoms with Gasteiger partial charge in [-0.3, -0.25) is 10.1 Å². The van der Waals surface area contributed by atoms with Crippen LogP contribution in [0.5, 0.6) is 11.5 Å². The van der Waals surface area contributed by atoms with Crippen LogP contribution in [0.25, 0.3) is 11.0 Å². The lowest BCUT2D eigenvalue weighted by Gasteiger charge is -2.04. The van der Waals surface area contributed by atoms with Crippen molar-refractivity contribution in [1.29, 1.82) is 0 Å². The molecule has 1 amide bonds. The zero-order valence-electron chi connectivity index (χ0n) is 12.4. The van der Waals surface area contributed by atoms with Crippen LogP contribution in [0.15, 0.2) is 36.4 Å². The van der Waals surface area contributed by atoms with Gasteiger partial charge in [-0.2, -0.15) is 0 Å². The molecule has 3 aromatic rings. The lowest BCUT2D eigenvalue weighted by molar-refractivity contribution is -0.286. The Labute approximate surface area is 134 Å². The molecule has 0 unspecified atom stereocenters. The van der Waals surface area contributed by atoms with E-state index in [0.29, 0.717) is 16.6 Å². The molecule has 0 bridgehead atoms. The van der Waals surface area contributed by atoms with Crippen molar-refractivity contribution in [2.75, 3.05) is 5.32 Å². The van der Waals surface area contributed by atoms with E-state index in [1.54, 1.807) is 12.1 Å². The van der Waals surface area contributed by atoms with Gasteiger partial charge in [0.1, 0.15) is 0 Å². The van der Waals surface area contributed by atoms with E-state index in [1.807, 2.05) is 19.1 Å². The number of H-pyrrole nitrogens is 1. The maximum Gasteiger partial charge on any atom is 0.586 e. The van der Waals surface area contributed by atoms with Gasteiger partial charge >= 0.3 is 6.29 Å². The highest BCUT2D eigenvalue weighted by Gasteiger charge is 2.43. The van der Waals surface area contributed by atoms with Gasteiger partial charge in [0.15, 0.2) is 11.5 Å². The number of carbonyl (C=O) groups excluding carboxylic acids is 1. The molecule has 0 saturated carbocycles. The topological polar surface area (TPSA) is 76.2 Å². The lowest BCUT2D eigenvalue weighted by Crippen LogP contribution is -2.25. The summed E-state index contributed by atoms with van der Waals surface area (Å²) in [4.78, 5) is 19.2. The molecule has 6 nitrogen and oxygen atoms in total. The summed E-state index contributed by atoms with van der Waals surface area (Å²) in [6.07, 6.45) is -3.68. The number of carbonyl (C=O) groups is 1. The van der Waals surface area contributed by atoms with Crippen LogP contribution < -0.4 is 14.8 Å². The molecular formula is C16H11F2N3O3. The molecule has 0 radical (unpaired) electrons. The summed E-state index contributed by atoms with van der Waals surface area (Å²) in [5.74, 6) is -0.324. The number of nitrogens with one attached hydrogen (secondary N) is 2. The first-order valence-corrected chi connectivity index (χ1v) is 7.07.